The van der Waals surface area contributed by atoms with Gasteiger partial charge in [-0.15, -0.1) is 144 Å². The molecule has 522 valence electrons. The van der Waals surface area contributed by atoms with E-state index in [1.807, 2.05) is 255 Å². The molecule has 0 unspecified atom stereocenters. The molecule has 0 bridgehead atoms. The van der Waals surface area contributed by atoms with Crippen LogP contribution in [0.15, 0.2) is 304 Å². The Morgan fingerprint density at radius 3 is 0.713 bits per heavy atom. The van der Waals surface area contributed by atoms with Gasteiger partial charge in [-0.1, -0.05) is 108 Å². The Morgan fingerprint density at radius 1 is 0.250 bits per heavy atom. The molecule has 15 rings (SSSR count). The molecule has 0 atom stereocenters. The van der Waals surface area contributed by atoms with Gasteiger partial charge in [0.15, 0.2) is 0 Å². The number of benzene rings is 9. The number of carbonyl (C=O) groups excluding carboxylic acids is 4. The first kappa shape index (κ1) is 73.4. The average Bonchev–Trinajstić information content (AvgIpc) is 0.782. The van der Waals surface area contributed by atoms with E-state index in [4.69, 9.17) is 9.97 Å². The predicted octanol–water partition coefficient (Wildman–Crippen LogP) is 18.6. The number of rotatable bonds is 18. The number of nitrogens with zero attached hydrogens (tertiary/aromatic N) is 10. The van der Waals surface area contributed by atoms with Crippen molar-refractivity contribution >= 4 is 46.4 Å². The summed E-state index contributed by atoms with van der Waals surface area (Å²) >= 11 is 0. The van der Waals surface area contributed by atoms with Crippen LogP contribution >= 0.6 is 0 Å². The second-order valence-electron chi connectivity index (χ2n) is 25.1. The fourth-order valence-corrected chi connectivity index (χ4v) is 12.6. The summed E-state index contributed by atoms with van der Waals surface area (Å²) < 4.78 is 0. The first-order chi connectivity index (χ1) is 51.8. The van der Waals surface area contributed by atoms with Gasteiger partial charge >= 0.3 is 40.2 Å². The van der Waals surface area contributed by atoms with E-state index in [1.165, 1.54) is 19.6 Å². The molecule has 4 amide bonds. The van der Waals surface area contributed by atoms with Gasteiger partial charge in [0.25, 0.3) is 23.6 Å². The first-order valence-corrected chi connectivity index (χ1v) is 34.1. The molecule has 0 aliphatic rings. The van der Waals surface area contributed by atoms with Crippen molar-refractivity contribution in [1.29, 1.82) is 0 Å². The number of hydrogen-bond donors (Lipinski definition) is 0. The van der Waals surface area contributed by atoms with Crippen LogP contribution in [0.5, 0.6) is 0 Å². The first-order valence-electron chi connectivity index (χ1n) is 34.1. The van der Waals surface area contributed by atoms with Crippen LogP contribution in [-0.4, -0.2) is 81.7 Å². The molecule has 108 heavy (non-hydrogen) atoms. The van der Waals surface area contributed by atoms with E-state index in [9.17, 15) is 19.2 Å². The maximum Gasteiger partial charge on any atom is 3.00 e. The van der Waals surface area contributed by atoms with Crippen LogP contribution in [0.4, 0.5) is 22.7 Å². The number of pyridine rings is 6. The van der Waals surface area contributed by atoms with Crippen LogP contribution in [0.1, 0.15) is 41.4 Å². The van der Waals surface area contributed by atoms with Gasteiger partial charge in [0, 0.05) is 87.6 Å². The van der Waals surface area contributed by atoms with E-state index in [1.54, 1.807) is 77.5 Å². The third-order valence-electron chi connectivity index (χ3n) is 18.5. The van der Waals surface area contributed by atoms with Crippen molar-refractivity contribution in [1.82, 2.24) is 29.9 Å². The molecule has 0 aliphatic carbocycles. The molecule has 0 fully saturated rings. The van der Waals surface area contributed by atoms with Gasteiger partial charge in [-0.05, 0) is 128 Å². The molecular weight excluding hydrogens is 1690 g/mol. The van der Waals surface area contributed by atoms with Gasteiger partial charge in [0.05, 0.1) is 22.7 Å². The predicted molar refractivity (Wildman–Crippen MR) is 417 cm³/mol. The molecule has 6 aromatic heterocycles. The summed E-state index contributed by atoms with van der Waals surface area (Å²) in [5.74, 6) is -1.36. The van der Waals surface area contributed by atoms with Crippen molar-refractivity contribution in [3.8, 4) is 112 Å². The second-order valence-corrected chi connectivity index (χ2v) is 25.1. The molecule has 14 nitrogen and oxygen atoms in total. The fourth-order valence-electron chi connectivity index (χ4n) is 12.6. The van der Waals surface area contributed by atoms with Crippen molar-refractivity contribution in [2.75, 3.05) is 47.8 Å². The summed E-state index contributed by atoms with van der Waals surface area (Å²) in [4.78, 5) is 93.6. The summed E-state index contributed by atoms with van der Waals surface area (Å²) in [7, 11) is 6.77. The van der Waals surface area contributed by atoms with Gasteiger partial charge in [-0.2, -0.15) is 0 Å². The minimum atomic E-state index is -0.339. The Bertz CT molecular complexity index is 5100. The molecule has 15 aromatic rings. The zero-order valence-electron chi connectivity index (χ0n) is 58.6. The monoisotopic (exact) mass is 1760 g/mol. The van der Waals surface area contributed by atoms with Crippen molar-refractivity contribution in [2.24, 2.45) is 0 Å². The molecule has 9 aromatic carbocycles. The SMILES string of the molecule is CN(C(=O)c1cc(C(=O)N(C)c2ccc(-c3[c-]cccc3)nc2)cc(-c2ccccc2-c2ccc(-c3[c-]cc(-c4ccc(-c5ccccc5-c5cc(C(=O)N(C)c6ccc(-c7[c-]cccc7)nc6)cc(C(=O)N(C)c6ccc(-c7[c-]cccc7)nc6)c5)cn4)[c-]c3)nc2)c1)c1ccc(-c2[c-]cccc2)nc1.[Ir+3].[Ir+3]. The molecule has 0 aliphatic heterocycles. The summed E-state index contributed by atoms with van der Waals surface area (Å²) in [6.07, 6.45) is 10.2. The standard InChI is InChI=1S/C92H62N10O4.2Ir/c1-99(75-39-45-85(95-57-75)61-21-9-5-10-22-61)89(103)71-49-69(50-72(53-71)90(104)100(2)76-40-46-86(96-58-76)62-23-11-6-12-24-62)81-31-19-17-29-79(81)67-37-43-83(93-55-67)65-33-35-66(36-34-65)84-44-38-68(56-94-84)80-30-18-20-32-82(80)70-51-73(91(105)101(3)77-41-47-87(97-59-77)63-25-13-7-14-26-63)54-74(52-70)92(106)102(4)78-42-48-88(98-60-78)64-27-15-8-16-28-64;;/h5-21,23,25,27,29-33,36-60H,1-4H3;;/q-6;2*+3. The zero-order chi connectivity index (χ0) is 72.6. The molecule has 0 radical (unpaired) electrons. The van der Waals surface area contributed by atoms with Gasteiger partial charge in [-0.25, -0.2) is 35.4 Å². The number of aromatic nitrogens is 6. The summed E-state index contributed by atoms with van der Waals surface area (Å²) in [6.45, 7) is 0. The molecule has 0 spiro atoms. The Hall–Kier alpha value is -12.9. The topological polar surface area (TPSA) is 159 Å². The van der Waals surface area contributed by atoms with Crippen molar-refractivity contribution in [3.05, 3.63) is 363 Å². The van der Waals surface area contributed by atoms with Crippen LogP contribution in [0.2, 0.25) is 0 Å². The van der Waals surface area contributed by atoms with Crippen molar-refractivity contribution < 1.29 is 59.4 Å². The van der Waals surface area contributed by atoms with Gasteiger partial charge in [0.2, 0.25) is 0 Å². The third-order valence-corrected chi connectivity index (χ3v) is 18.5. The van der Waals surface area contributed by atoms with E-state index < -0.39 is 0 Å². The average molecular weight is 1760 g/mol. The second kappa shape index (κ2) is 33.0. The normalized spacial score (nSPS) is 10.8. The van der Waals surface area contributed by atoms with E-state index in [0.29, 0.717) is 78.6 Å². The fraction of sp³-hybridized carbons (Fsp3) is 0.0435. The van der Waals surface area contributed by atoms with Crippen LogP contribution in [0.3, 0.4) is 0 Å². The summed E-state index contributed by atoms with van der Waals surface area (Å²) in [5.41, 5.74) is 18.5. The number of carbonyl (C=O) groups is 4. The van der Waals surface area contributed by atoms with Gasteiger partial charge in [0.1, 0.15) is 0 Å². The zero-order valence-corrected chi connectivity index (χ0v) is 63.4. The molecule has 0 saturated heterocycles. The Kier molecular flexibility index (Phi) is 22.4. The van der Waals surface area contributed by atoms with Crippen LogP contribution in [0, 0.1) is 36.4 Å². The summed E-state index contributed by atoms with van der Waals surface area (Å²) in [6, 6.07) is 103. The van der Waals surface area contributed by atoms with Gasteiger partial charge in [-0.3, -0.25) is 19.2 Å². The van der Waals surface area contributed by atoms with E-state index in [0.717, 1.165) is 78.4 Å². The Balaban J connectivity index is 0.00000514. The minimum absolute atomic E-state index is 0. The van der Waals surface area contributed by atoms with E-state index in [-0.39, 0.29) is 63.8 Å². The van der Waals surface area contributed by atoms with Crippen molar-refractivity contribution in [3.63, 3.8) is 0 Å². The van der Waals surface area contributed by atoms with Crippen LogP contribution < -0.4 is 19.6 Å². The molecule has 16 heteroatoms. The largest absolute Gasteiger partial charge is 3.00 e. The van der Waals surface area contributed by atoms with Crippen LogP contribution in [0.25, 0.3) is 112 Å². The Morgan fingerprint density at radius 2 is 0.491 bits per heavy atom. The minimum Gasteiger partial charge on any atom is -0.314 e. The smallest absolute Gasteiger partial charge is 0.314 e. The summed E-state index contributed by atoms with van der Waals surface area (Å²) in [5, 5.41) is 0. The van der Waals surface area contributed by atoms with E-state index >= 15 is 0 Å². The van der Waals surface area contributed by atoms with Gasteiger partial charge < -0.3 is 49.5 Å². The molecular formula is C92H62Ir2N10O4. The Labute approximate surface area is 653 Å². The van der Waals surface area contributed by atoms with E-state index in [2.05, 4.69) is 56.3 Å². The maximum absolute atomic E-state index is 14.7. The number of anilines is 4. The van der Waals surface area contributed by atoms with Crippen molar-refractivity contribution in [2.45, 2.75) is 0 Å². The number of amides is 4. The molecule has 0 N–H and O–H groups in total. The molecule has 0 saturated carbocycles. The quantitative estimate of drug-likeness (QED) is 0.0757. The third kappa shape index (κ3) is 15.9. The van der Waals surface area contributed by atoms with Crippen LogP contribution in [-0.2, 0) is 40.2 Å². The maximum atomic E-state index is 14.7. The number of hydrogen-bond acceptors (Lipinski definition) is 10. The molecule has 6 heterocycles.